The quantitative estimate of drug-likeness (QED) is 0.0268. The molecule has 1 atom stereocenters. The molecule has 0 aliphatic heterocycles. The van der Waals surface area contributed by atoms with Crippen molar-refractivity contribution >= 4 is 17.9 Å². The topological polar surface area (TPSA) is 78.9 Å². The zero-order valence-corrected chi connectivity index (χ0v) is 35.6. The molecule has 0 aliphatic carbocycles. The van der Waals surface area contributed by atoms with E-state index in [0.717, 1.165) is 57.8 Å². The van der Waals surface area contributed by atoms with Gasteiger partial charge in [-0.05, 0) is 44.9 Å². The summed E-state index contributed by atoms with van der Waals surface area (Å²) >= 11 is 0. The van der Waals surface area contributed by atoms with Crippen LogP contribution in [0.5, 0.6) is 0 Å². The molecule has 312 valence electrons. The van der Waals surface area contributed by atoms with Crippen LogP contribution in [-0.4, -0.2) is 37.2 Å². The van der Waals surface area contributed by atoms with E-state index in [9.17, 15) is 14.4 Å². The van der Waals surface area contributed by atoms with Gasteiger partial charge < -0.3 is 14.2 Å². The Bertz CT molecular complexity index is 824. The summed E-state index contributed by atoms with van der Waals surface area (Å²) < 4.78 is 16.6. The minimum absolute atomic E-state index is 0.0685. The Balaban J connectivity index is 4.19. The lowest BCUT2D eigenvalue weighted by Crippen LogP contribution is -2.30. The van der Waals surface area contributed by atoms with Gasteiger partial charge >= 0.3 is 17.9 Å². The Morgan fingerprint density at radius 3 is 0.943 bits per heavy atom. The molecule has 0 fully saturated rings. The van der Waals surface area contributed by atoms with Gasteiger partial charge in [-0.1, -0.05) is 200 Å². The third kappa shape index (κ3) is 41.2. The van der Waals surface area contributed by atoms with E-state index in [1.165, 1.54) is 154 Å². The molecule has 0 aromatic rings. The van der Waals surface area contributed by atoms with E-state index in [1.807, 2.05) is 0 Å². The first kappa shape index (κ1) is 51.1. The van der Waals surface area contributed by atoms with E-state index >= 15 is 0 Å². The molecule has 6 nitrogen and oxygen atoms in total. The van der Waals surface area contributed by atoms with E-state index < -0.39 is 6.10 Å². The lowest BCUT2D eigenvalue weighted by Gasteiger charge is -2.18. The zero-order valence-electron chi connectivity index (χ0n) is 35.6. The number of carbonyl (C=O) groups excluding carboxylic acids is 3. The fraction of sp³-hybridized carbons (Fsp3) is 0.894. The van der Waals surface area contributed by atoms with E-state index in [-0.39, 0.29) is 31.1 Å². The van der Waals surface area contributed by atoms with Gasteiger partial charge in [0.05, 0.1) is 0 Å². The zero-order chi connectivity index (χ0) is 38.7. The largest absolute Gasteiger partial charge is 0.462 e. The Kier molecular flexibility index (Phi) is 41.4. The van der Waals surface area contributed by atoms with Crippen LogP contribution in [0.4, 0.5) is 0 Å². The molecule has 0 N–H and O–H groups in total. The summed E-state index contributed by atoms with van der Waals surface area (Å²) in [4.78, 5) is 37.5. The Labute approximate surface area is 329 Å². The maximum atomic E-state index is 12.6. The summed E-state index contributed by atoms with van der Waals surface area (Å²) in [6, 6.07) is 0. The highest BCUT2D eigenvalue weighted by atomic mass is 16.6. The van der Waals surface area contributed by atoms with Crippen molar-refractivity contribution in [2.75, 3.05) is 13.2 Å². The van der Waals surface area contributed by atoms with Crippen LogP contribution in [0.2, 0.25) is 0 Å². The molecule has 1 unspecified atom stereocenters. The average Bonchev–Trinajstić information content (AvgIpc) is 3.15. The second-order valence-corrected chi connectivity index (χ2v) is 15.7. The normalized spacial score (nSPS) is 12.0. The van der Waals surface area contributed by atoms with Gasteiger partial charge in [0.2, 0.25) is 0 Å². The highest BCUT2D eigenvalue weighted by Crippen LogP contribution is 2.15. The van der Waals surface area contributed by atoms with Crippen molar-refractivity contribution in [3.8, 4) is 0 Å². The Morgan fingerprint density at radius 2 is 0.623 bits per heavy atom. The standard InChI is InChI=1S/C47H88O6/c1-4-7-10-13-16-18-20-21-22-23-24-25-26-28-29-31-34-37-40-46(49)52-43-44(42-51-45(48)39-36-33-15-12-9-6-3)53-47(50)41-38-35-32-30-27-19-17-14-11-8-5-2/h22-23,44H,4-21,24-43H2,1-3H3/b23-22-. The molecule has 0 aromatic heterocycles. The van der Waals surface area contributed by atoms with Crippen LogP contribution in [0.1, 0.15) is 252 Å². The molecule has 0 heterocycles. The predicted octanol–water partition coefficient (Wildman–Crippen LogP) is 14.6. The first-order valence-corrected chi connectivity index (χ1v) is 23.2. The highest BCUT2D eigenvalue weighted by molar-refractivity contribution is 5.71. The van der Waals surface area contributed by atoms with Gasteiger partial charge in [-0.15, -0.1) is 0 Å². The maximum absolute atomic E-state index is 12.6. The Morgan fingerprint density at radius 1 is 0.358 bits per heavy atom. The molecule has 0 spiro atoms. The van der Waals surface area contributed by atoms with Crippen molar-refractivity contribution in [2.24, 2.45) is 0 Å². The number of unbranched alkanes of at least 4 members (excludes halogenated alkanes) is 29. The molecule has 0 aliphatic rings. The molecule has 6 heteroatoms. The van der Waals surface area contributed by atoms with Gasteiger partial charge in [0.1, 0.15) is 13.2 Å². The number of hydrogen-bond donors (Lipinski definition) is 0. The second-order valence-electron chi connectivity index (χ2n) is 15.7. The van der Waals surface area contributed by atoms with E-state index in [4.69, 9.17) is 14.2 Å². The van der Waals surface area contributed by atoms with Crippen molar-refractivity contribution < 1.29 is 28.6 Å². The first-order chi connectivity index (χ1) is 26.0. The molecule has 0 aromatic carbocycles. The minimum Gasteiger partial charge on any atom is -0.462 e. The lowest BCUT2D eigenvalue weighted by molar-refractivity contribution is -0.167. The smallest absolute Gasteiger partial charge is 0.306 e. The number of hydrogen-bond acceptors (Lipinski definition) is 6. The van der Waals surface area contributed by atoms with Gasteiger partial charge in [0, 0.05) is 19.3 Å². The number of rotatable bonds is 42. The number of esters is 3. The summed E-state index contributed by atoms with van der Waals surface area (Å²) in [5, 5.41) is 0. The molecule has 0 bridgehead atoms. The minimum atomic E-state index is -0.761. The summed E-state index contributed by atoms with van der Waals surface area (Å²) in [6.07, 6.45) is 45.0. The summed E-state index contributed by atoms with van der Waals surface area (Å²) in [5.41, 5.74) is 0. The van der Waals surface area contributed by atoms with Crippen molar-refractivity contribution in [1.29, 1.82) is 0 Å². The van der Waals surface area contributed by atoms with Crippen molar-refractivity contribution in [2.45, 2.75) is 258 Å². The monoisotopic (exact) mass is 749 g/mol. The van der Waals surface area contributed by atoms with Gasteiger partial charge in [0.25, 0.3) is 0 Å². The van der Waals surface area contributed by atoms with Crippen LogP contribution in [-0.2, 0) is 28.6 Å². The fourth-order valence-electron chi connectivity index (χ4n) is 6.73. The van der Waals surface area contributed by atoms with Crippen LogP contribution in [0, 0.1) is 0 Å². The molecule has 0 saturated carbocycles. The Hall–Kier alpha value is -1.85. The van der Waals surface area contributed by atoms with Crippen LogP contribution in [0.25, 0.3) is 0 Å². The maximum Gasteiger partial charge on any atom is 0.306 e. The summed E-state index contributed by atoms with van der Waals surface area (Å²) in [6.45, 7) is 6.58. The molecule has 0 saturated heterocycles. The summed E-state index contributed by atoms with van der Waals surface area (Å²) in [7, 11) is 0. The lowest BCUT2D eigenvalue weighted by atomic mass is 10.1. The van der Waals surface area contributed by atoms with Gasteiger partial charge in [-0.3, -0.25) is 14.4 Å². The van der Waals surface area contributed by atoms with E-state index in [2.05, 4.69) is 32.9 Å². The van der Waals surface area contributed by atoms with Crippen molar-refractivity contribution in [3.05, 3.63) is 12.2 Å². The molecule has 0 rings (SSSR count). The van der Waals surface area contributed by atoms with Crippen LogP contribution in [0.15, 0.2) is 12.2 Å². The molecule has 0 amide bonds. The number of allylic oxidation sites excluding steroid dienone is 2. The third-order valence-electron chi connectivity index (χ3n) is 10.3. The molecular weight excluding hydrogens is 661 g/mol. The van der Waals surface area contributed by atoms with Crippen LogP contribution >= 0.6 is 0 Å². The molecule has 53 heavy (non-hydrogen) atoms. The van der Waals surface area contributed by atoms with Gasteiger partial charge in [-0.25, -0.2) is 0 Å². The molecule has 0 radical (unpaired) electrons. The molecular formula is C47H88O6. The second kappa shape index (κ2) is 42.9. The van der Waals surface area contributed by atoms with Gasteiger partial charge in [0.15, 0.2) is 6.10 Å². The average molecular weight is 749 g/mol. The number of ether oxygens (including phenoxy) is 3. The SMILES string of the molecule is CCCCCCCCC/C=C\CCCCCCCCCC(=O)OCC(COC(=O)CCCCCCCC)OC(=O)CCCCCCCCCCCCC. The highest BCUT2D eigenvalue weighted by Gasteiger charge is 2.19. The van der Waals surface area contributed by atoms with Crippen LogP contribution in [0.3, 0.4) is 0 Å². The van der Waals surface area contributed by atoms with Crippen molar-refractivity contribution in [3.63, 3.8) is 0 Å². The summed E-state index contributed by atoms with van der Waals surface area (Å²) in [5.74, 6) is -0.875. The van der Waals surface area contributed by atoms with E-state index in [1.54, 1.807) is 0 Å². The van der Waals surface area contributed by atoms with E-state index in [0.29, 0.717) is 19.3 Å². The van der Waals surface area contributed by atoms with Crippen molar-refractivity contribution in [1.82, 2.24) is 0 Å². The number of carbonyl (C=O) groups is 3. The third-order valence-corrected chi connectivity index (χ3v) is 10.3. The predicted molar refractivity (Wildman–Crippen MR) is 224 cm³/mol. The van der Waals surface area contributed by atoms with Crippen LogP contribution < -0.4 is 0 Å². The fourth-order valence-corrected chi connectivity index (χ4v) is 6.73. The first-order valence-electron chi connectivity index (χ1n) is 23.2. The van der Waals surface area contributed by atoms with Gasteiger partial charge in [-0.2, -0.15) is 0 Å².